The van der Waals surface area contributed by atoms with Gasteiger partial charge in [0.05, 0.1) is 6.54 Å². The van der Waals surface area contributed by atoms with Gasteiger partial charge in [0.25, 0.3) is 0 Å². The molecule has 0 aliphatic heterocycles. The molecule has 1 aromatic rings. The van der Waals surface area contributed by atoms with Gasteiger partial charge in [0.1, 0.15) is 12.4 Å². The van der Waals surface area contributed by atoms with Crippen molar-refractivity contribution in [1.29, 1.82) is 0 Å². The standard InChI is InChI=1S/C14H21F2N3O.HI/c1-4-10(2)19-14(17-3)18-7-8-20-11-5-6-12(15)13(16)9-11;/h5-6,9-10H,4,7-8H2,1-3H3,(H2,17,18,19);1H. The Bertz CT molecular complexity index is 458. The second kappa shape index (κ2) is 10.6. The zero-order valence-electron chi connectivity index (χ0n) is 12.5. The number of nitrogens with zero attached hydrogens (tertiary/aromatic N) is 1. The van der Waals surface area contributed by atoms with Crippen molar-refractivity contribution in [3.8, 4) is 5.75 Å². The molecule has 120 valence electrons. The summed E-state index contributed by atoms with van der Waals surface area (Å²) in [6.45, 7) is 4.98. The van der Waals surface area contributed by atoms with Gasteiger partial charge in [-0.15, -0.1) is 24.0 Å². The normalized spacial score (nSPS) is 12.3. The third-order valence-electron chi connectivity index (χ3n) is 2.77. The van der Waals surface area contributed by atoms with Crippen LogP contribution in [0.5, 0.6) is 5.75 Å². The van der Waals surface area contributed by atoms with Crippen LogP contribution in [0.1, 0.15) is 20.3 Å². The van der Waals surface area contributed by atoms with Crippen LogP contribution in [0.4, 0.5) is 8.78 Å². The van der Waals surface area contributed by atoms with Crippen molar-refractivity contribution < 1.29 is 13.5 Å². The average Bonchev–Trinajstić information content (AvgIpc) is 2.45. The Balaban J connectivity index is 0.00000400. The van der Waals surface area contributed by atoms with E-state index in [0.717, 1.165) is 18.6 Å². The molecule has 2 N–H and O–H groups in total. The van der Waals surface area contributed by atoms with Crippen LogP contribution in [-0.2, 0) is 0 Å². The highest BCUT2D eigenvalue weighted by molar-refractivity contribution is 14.0. The SMILES string of the molecule is CCC(C)NC(=NC)NCCOc1ccc(F)c(F)c1.I. The molecule has 0 heterocycles. The van der Waals surface area contributed by atoms with Crippen molar-refractivity contribution in [3.63, 3.8) is 0 Å². The largest absolute Gasteiger partial charge is 0.492 e. The summed E-state index contributed by atoms with van der Waals surface area (Å²) in [7, 11) is 1.69. The Morgan fingerprint density at radius 2 is 2.05 bits per heavy atom. The number of halogens is 3. The van der Waals surface area contributed by atoms with Crippen LogP contribution in [-0.4, -0.2) is 32.2 Å². The molecule has 21 heavy (non-hydrogen) atoms. The van der Waals surface area contributed by atoms with E-state index in [1.165, 1.54) is 6.07 Å². The fourth-order valence-corrected chi connectivity index (χ4v) is 1.44. The topological polar surface area (TPSA) is 45.7 Å². The highest BCUT2D eigenvalue weighted by Crippen LogP contribution is 2.14. The first kappa shape index (κ1) is 19.9. The minimum Gasteiger partial charge on any atom is -0.492 e. The Labute approximate surface area is 141 Å². The molecule has 0 aliphatic rings. The number of rotatable bonds is 6. The molecule has 1 unspecified atom stereocenters. The third-order valence-corrected chi connectivity index (χ3v) is 2.77. The van der Waals surface area contributed by atoms with E-state index in [9.17, 15) is 8.78 Å². The van der Waals surface area contributed by atoms with Crippen LogP contribution < -0.4 is 15.4 Å². The highest BCUT2D eigenvalue weighted by Gasteiger charge is 2.04. The van der Waals surface area contributed by atoms with Crippen molar-refractivity contribution in [1.82, 2.24) is 10.6 Å². The maximum absolute atomic E-state index is 13.0. The van der Waals surface area contributed by atoms with Gasteiger partial charge in [0.15, 0.2) is 17.6 Å². The number of hydrogen-bond donors (Lipinski definition) is 2. The second-order valence-electron chi connectivity index (χ2n) is 4.38. The van der Waals surface area contributed by atoms with Crippen LogP contribution in [0.25, 0.3) is 0 Å². The fourth-order valence-electron chi connectivity index (χ4n) is 1.44. The van der Waals surface area contributed by atoms with E-state index in [-0.39, 0.29) is 24.0 Å². The molecule has 7 heteroatoms. The lowest BCUT2D eigenvalue weighted by Crippen LogP contribution is -2.43. The van der Waals surface area contributed by atoms with Crippen molar-refractivity contribution in [2.75, 3.05) is 20.2 Å². The van der Waals surface area contributed by atoms with Gasteiger partial charge in [0.2, 0.25) is 0 Å². The predicted molar refractivity (Wildman–Crippen MR) is 91.5 cm³/mol. The van der Waals surface area contributed by atoms with Gasteiger partial charge >= 0.3 is 0 Å². The molecule has 1 atom stereocenters. The van der Waals surface area contributed by atoms with Crippen LogP contribution >= 0.6 is 24.0 Å². The van der Waals surface area contributed by atoms with Gasteiger partial charge in [-0.05, 0) is 25.5 Å². The molecule has 0 aromatic heterocycles. The van der Waals surface area contributed by atoms with E-state index in [2.05, 4.69) is 29.5 Å². The van der Waals surface area contributed by atoms with Crippen molar-refractivity contribution in [3.05, 3.63) is 29.8 Å². The summed E-state index contributed by atoms with van der Waals surface area (Å²) in [5.74, 6) is -0.804. The summed E-state index contributed by atoms with van der Waals surface area (Å²) < 4.78 is 31.0. The smallest absolute Gasteiger partial charge is 0.191 e. The first-order valence-corrected chi connectivity index (χ1v) is 6.61. The minimum absolute atomic E-state index is 0. The minimum atomic E-state index is -0.912. The molecule has 0 radical (unpaired) electrons. The summed E-state index contributed by atoms with van der Waals surface area (Å²) in [5, 5.41) is 6.28. The molecule has 0 spiro atoms. The van der Waals surface area contributed by atoms with Gasteiger partial charge in [-0.1, -0.05) is 6.92 Å². The van der Waals surface area contributed by atoms with Crippen LogP contribution in [0.2, 0.25) is 0 Å². The Kier molecular flexibility index (Phi) is 10.0. The molecule has 0 bridgehead atoms. The monoisotopic (exact) mass is 413 g/mol. The third kappa shape index (κ3) is 7.45. The van der Waals surface area contributed by atoms with E-state index in [0.29, 0.717) is 30.9 Å². The van der Waals surface area contributed by atoms with E-state index >= 15 is 0 Å². The molecule has 1 rings (SSSR count). The zero-order chi connectivity index (χ0) is 15.0. The van der Waals surface area contributed by atoms with Crippen LogP contribution in [0, 0.1) is 11.6 Å². The maximum Gasteiger partial charge on any atom is 0.191 e. The quantitative estimate of drug-likeness (QED) is 0.326. The van der Waals surface area contributed by atoms with E-state index in [1.807, 2.05) is 0 Å². The fraction of sp³-hybridized carbons (Fsp3) is 0.500. The number of hydrogen-bond acceptors (Lipinski definition) is 2. The molecule has 4 nitrogen and oxygen atoms in total. The van der Waals surface area contributed by atoms with Crippen molar-refractivity contribution in [2.24, 2.45) is 4.99 Å². The predicted octanol–water partition coefficient (Wildman–Crippen LogP) is 2.93. The lowest BCUT2D eigenvalue weighted by Gasteiger charge is -2.16. The highest BCUT2D eigenvalue weighted by atomic mass is 127. The Morgan fingerprint density at radius 1 is 1.33 bits per heavy atom. The van der Waals surface area contributed by atoms with Gasteiger partial charge in [0, 0.05) is 19.2 Å². The number of ether oxygens (including phenoxy) is 1. The summed E-state index contributed by atoms with van der Waals surface area (Å²) in [4.78, 5) is 4.08. The molecule has 0 aliphatic carbocycles. The Morgan fingerprint density at radius 3 is 2.62 bits per heavy atom. The molecule has 0 saturated carbocycles. The lowest BCUT2D eigenvalue weighted by molar-refractivity contribution is 0.318. The maximum atomic E-state index is 13.0. The number of guanidine groups is 1. The van der Waals surface area contributed by atoms with Gasteiger partial charge < -0.3 is 15.4 Å². The summed E-state index contributed by atoms with van der Waals surface area (Å²) in [6, 6.07) is 3.79. The van der Waals surface area contributed by atoms with Gasteiger partial charge in [-0.2, -0.15) is 0 Å². The lowest BCUT2D eigenvalue weighted by atomic mass is 10.3. The molecule has 1 aromatic carbocycles. The molecular weight excluding hydrogens is 391 g/mol. The Hall–Kier alpha value is -1.12. The first-order chi connectivity index (χ1) is 9.56. The molecule has 0 fully saturated rings. The summed E-state index contributed by atoms with van der Waals surface area (Å²) in [6.07, 6.45) is 0.992. The van der Waals surface area contributed by atoms with Crippen LogP contribution in [0.3, 0.4) is 0 Å². The van der Waals surface area contributed by atoms with Crippen molar-refractivity contribution >= 4 is 29.9 Å². The second-order valence-corrected chi connectivity index (χ2v) is 4.38. The van der Waals surface area contributed by atoms with Crippen molar-refractivity contribution in [2.45, 2.75) is 26.3 Å². The number of nitrogens with one attached hydrogen (secondary N) is 2. The van der Waals surface area contributed by atoms with Gasteiger partial charge in [-0.3, -0.25) is 4.99 Å². The number of benzene rings is 1. The first-order valence-electron chi connectivity index (χ1n) is 6.61. The van der Waals surface area contributed by atoms with Crippen LogP contribution in [0.15, 0.2) is 23.2 Å². The molecular formula is C14H22F2IN3O. The van der Waals surface area contributed by atoms with E-state index in [1.54, 1.807) is 7.05 Å². The zero-order valence-corrected chi connectivity index (χ0v) is 14.8. The summed E-state index contributed by atoms with van der Waals surface area (Å²) >= 11 is 0. The van der Waals surface area contributed by atoms with Gasteiger partial charge in [-0.25, -0.2) is 8.78 Å². The van der Waals surface area contributed by atoms with E-state index < -0.39 is 11.6 Å². The molecule has 0 saturated heterocycles. The molecule has 0 amide bonds. The van der Waals surface area contributed by atoms with E-state index in [4.69, 9.17) is 4.74 Å². The summed E-state index contributed by atoms with van der Waals surface area (Å²) in [5.41, 5.74) is 0. The average molecular weight is 413 g/mol. The number of aliphatic imine (C=N–C) groups is 1.